The Morgan fingerprint density at radius 1 is 1.30 bits per heavy atom. The SMILES string of the molecule is COc1ccc(NCC(=O)N2CCNC(=O)C2CC(=O)OCC(C)C)cc1. The molecule has 1 unspecified atom stereocenters. The number of rotatable bonds is 8. The van der Waals surface area contributed by atoms with E-state index in [9.17, 15) is 14.4 Å². The van der Waals surface area contributed by atoms with Gasteiger partial charge in [0.05, 0.1) is 26.7 Å². The number of esters is 1. The third-order valence-electron chi connectivity index (χ3n) is 4.12. The summed E-state index contributed by atoms with van der Waals surface area (Å²) in [5.74, 6) is -0.130. The van der Waals surface area contributed by atoms with Crippen molar-refractivity contribution in [1.29, 1.82) is 0 Å². The highest BCUT2D eigenvalue weighted by Crippen LogP contribution is 2.16. The van der Waals surface area contributed by atoms with E-state index in [0.717, 1.165) is 11.4 Å². The predicted molar refractivity (Wildman–Crippen MR) is 100 cm³/mol. The molecule has 0 saturated carbocycles. The van der Waals surface area contributed by atoms with Crippen LogP contribution in [-0.4, -0.2) is 62.1 Å². The number of carbonyl (C=O) groups excluding carboxylic acids is 3. The lowest BCUT2D eigenvalue weighted by Gasteiger charge is -2.34. The van der Waals surface area contributed by atoms with Crippen LogP contribution >= 0.6 is 0 Å². The molecule has 0 radical (unpaired) electrons. The Morgan fingerprint density at radius 2 is 2.00 bits per heavy atom. The average Bonchev–Trinajstić information content (AvgIpc) is 2.66. The predicted octanol–water partition coefficient (Wildman–Crippen LogP) is 1.02. The Morgan fingerprint density at radius 3 is 2.63 bits per heavy atom. The Labute approximate surface area is 159 Å². The van der Waals surface area contributed by atoms with E-state index in [4.69, 9.17) is 9.47 Å². The lowest BCUT2D eigenvalue weighted by Crippen LogP contribution is -2.58. The van der Waals surface area contributed by atoms with Crippen molar-refractivity contribution >= 4 is 23.5 Å². The van der Waals surface area contributed by atoms with Gasteiger partial charge >= 0.3 is 5.97 Å². The quantitative estimate of drug-likeness (QED) is 0.657. The van der Waals surface area contributed by atoms with Gasteiger partial charge in [0.2, 0.25) is 11.8 Å². The highest BCUT2D eigenvalue weighted by Gasteiger charge is 2.34. The number of ether oxygens (including phenoxy) is 2. The van der Waals surface area contributed by atoms with E-state index in [2.05, 4.69) is 10.6 Å². The fourth-order valence-corrected chi connectivity index (χ4v) is 2.68. The van der Waals surface area contributed by atoms with Crippen LogP contribution in [0.15, 0.2) is 24.3 Å². The third-order valence-corrected chi connectivity index (χ3v) is 4.12. The lowest BCUT2D eigenvalue weighted by molar-refractivity contribution is -0.152. The van der Waals surface area contributed by atoms with Gasteiger partial charge in [0.25, 0.3) is 0 Å². The number of carbonyl (C=O) groups is 3. The van der Waals surface area contributed by atoms with Crippen molar-refractivity contribution in [1.82, 2.24) is 10.2 Å². The molecule has 0 aliphatic carbocycles. The minimum absolute atomic E-state index is 0.0250. The van der Waals surface area contributed by atoms with Crippen LogP contribution in [0, 0.1) is 5.92 Å². The van der Waals surface area contributed by atoms with Gasteiger partial charge in [-0.3, -0.25) is 14.4 Å². The zero-order valence-electron chi connectivity index (χ0n) is 16.0. The van der Waals surface area contributed by atoms with E-state index >= 15 is 0 Å². The third kappa shape index (κ3) is 6.16. The van der Waals surface area contributed by atoms with Gasteiger partial charge in [0, 0.05) is 18.8 Å². The highest BCUT2D eigenvalue weighted by atomic mass is 16.5. The summed E-state index contributed by atoms with van der Waals surface area (Å²) in [6.45, 7) is 4.90. The molecule has 2 amide bonds. The summed E-state index contributed by atoms with van der Waals surface area (Å²) in [6.07, 6.45) is -0.146. The Kier molecular flexibility index (Phi) is 7.45. The molecule has 1 aromatic rings. The normalized spacial score (nSPS) is 16.7. The van der Waals surface area contributed by atoms with Crippen LogP contribution in [0.2, 0.25) is 0 Å². The molecule has 1 aliphatic heterocycles. The molecule has 1 aliphatic rings. The van der Waals surface area contributed by atoms with Crippen molar-refractivity contribution in [3.63, 3.8) is 0 Å². The molecule has 27 heavy (non-hydrogen) atoms. The molecular formula is C19H27N3O5. The number of nitrogens with one attached hydrogen (secondary N) is 2. The maximum absolute atomic E-state index is 12.6. The average molecular weight is 377 g/mol. The van der Waals surface area contributed by atoms with Gasteiger partial charge in [-0.2, -0.15) is 0 Å². The number of hydrogen-bond donors (Lipinski definition) is 2. The number of anilines is 1. The number of nitrogens with zero attached hydrogens (tertiary/aromatic N) is 1. The van der Waals surface area contributed by atoms with E-state index in [1.807, 2.05) is 13.8 Å². The second kappa shape index (κ2) is 9.80. The van der Waals surface area contributed by atoms with Crippen LogP contribution in [0.3, 0.4) is 0 Å². The highest BCUT2D eigenvalue weighted by molar-refractivity contribution is 5.93. The fraction of sp³-hybridized carbons (Fsp3) is 0.526. The first-order chi connectivity index (χ1) is 12.9. The van der Waals surface area contributed by atoms with Crippen LogP contribution in [0.4, 0.5) is 5.69 Å². The summed E-state index contributed by atoms with van der Waals surface area (Å²) in [6, 6.07) is 6.33. The van der Waals surface area contributed by atoms with Gasteiger partial charge in [0.15, 0.2) is 0 Å². The van der Waals surface area contributed by atoms with Gasteiger partial charge in [-0.05, 0) is 30.2 Å². The monoisotopic (exact) mass is 377 g/mol. The van der Waals surface area contributed by atoms with E-state index < -0.39 is 12.0 Å². The first-order valence-corrected chi connectivity index (χ1v) is 9.01. The number of piperazine rings is 1. The second-order valence-corrected chi connectivity index (χ2v) is 6.76. The maximum atomic E-state index is 12.6. The van der Waals surface area contributed by atoms with E-state index in [-0.39, 0.29) is 30.7 Å². The summed E-state index contributed by atoms with van der Waals surface area (Å²) in [5, 5.41) is 5.73. The molecule has 1 atom stereocenters. The van der Waals surface area contributed by atoms with Gasteiger partial charge in [-0.15, -0.1) is 0 Å². The molecule has 2 rings (SSSR count). The standard InChI is InChI=1S/C19H27N3O5/c1-13(2)12-27-18(24)10-16-19(25)20-8-9-22(16)17(23)11-21-14-4-6-15(26-3)7-5-14/h4-7,13,16,21H,8-12H2,1-3H3,(H,20,25). The van der Waals surface area contributed by atoms with Gasteiger partial charge in [0.1, 0.15) is 11.8 Å². The summed E-state index contributed by atoms with van der Waals surface area (Å²) in [5.41, 5.74) is 0.763. The van der Waals surface area contributed by atoms with Crippen molar-refractivity contribution in [2.24, 2.45) is 5.92 Å². The minimum atomic E-state index is -0.844. The summed E-state index contributed by atoms with van der Waals surface area (Å²) in [7, 11) is 1.58. The molecule has 0 aromatic heterocycles. The molecule has 148 valence electrons. The number of hydrogen-bond acceptors (Lipinski definition) is 6. The molecule has 2 N–H and O–H groups in total. The lowest BCUT2D eigenvalue weighted by atomic mass is 10.1. The summed E-state index contributed by atoms with van der Waals surface area (Å²) < 4.78 is 10.2. The van der Waals surface area contributed by atoms with Crippen molar-refractivity contribution < 1.29 is 23.9 Å². The van der Waals surface area contributed by atoms with Gasteiger partial charge < -0.3 is 25.0 Å². The largest absolute Gasteiger partial charge is 0.497 e. The molecular weight excluding hydrogens is 350 g/mol. The Bertz CT molecular complexity index is 660. The van der Waals surface area contributed by atoms with Gasteiger partial charge in [-0.1, -0.05) is 13.8 Å². The summed E-state index contributed by atoms with van der Waals surface area (Å²) in [4.78, 5) is 38.2. The van der Waals surface area contributed by atoms with Crippen LogP contribution in [0.1, 0.15) is 20.3 Å². The van der Waals surface area contributed by atoms with Crippen molar-refractivity contribution in [2.45, 2.75) is 26.3 Å². The molecule has 0 bridgehead atoms. The van der Waals surface area contributed by atoms with Gasteiger partial charge in [-0.25, -0.2) is 0 Å². The molecule has 1 heterocycles. The van der Waals surface area contributed by atoms with Crippen LogP contribution in [-0.2, 0) is 19.1 Å². The van der Waals surface area contributed by atoms with E-state index in [0.29, 0.717) is 19.7 Å². The molecule has 0 spiro atoms. The maximum Gasteiger partial charge on any atom is 0.308 e. The van der Waals surface area contributed by atoms with Crippen molar-refractivity contribution in [3.05, 3.63) is 24.3 Å². The molecule has 8 heteroatoms. The van der Waals surface area contributed by atoms with Crippen molar-refractivity contribution in [2.75, 3.05) is 38.7 Å². The summed E-state index contributed by atoms with van der Waals surface area (Å²) >= 11 is 0. The Balaban J connectivity index is 1.94. The fourth-order valence-electron chi connectivity index (χ4n) is 2.68. The molecule has 1 aromatic carbocycles. The van der Waals surface area contributed by atoms with Crippen LogP contribution < -0.4 is 15.4 Å². The number of methoxy groups -OCH3 is 1. The molecule has 8 nitrogen and oxygen atoms in total. The zero-order chi connectivity index (χ0) is 19.8. The smallest absolute Gasteiger partial charge is 0.308 e. The molecule has 1 saturated heterocycles. The second-order valence-electron chi connectivity index (χ2n) is 6.76. The topological polar surface area (TPSA) is 97.0 Å². The first-order valence-electron chi connectivity index (χ1n) is 9.01. The van der Waals surface area contributed by atoms with Crippen LogP contribution in [0.5, 0.6) is 5.75 Å². The number of amides is 2. The number of benzene rings is 1. The Hall–Kier alpha value is -2.77. The minimum Gasteiger partial charge on any atom is -0.497 e. The molecule has 1 fully saturated rings. The van der Waals surface area contributed by atoms with Crippen LogP contribution in [0.25, 0.3) is 0 Å². The first kappa shape index (κ1) is 20.5. The van der Waals surface area contributed by atoms with E-state index in [1.165, 1.54) is 4.90 Å². The van der Waals surface area contributed by atoms with Crippen molar-refractivity contribution in [3.8, 4) is 5.75 Å². The zero-order valence-corrected chi connectivity index (χ0v) is 16.0. The van der Waals surface area contributed by atoms with E-state index in [1.54, 1.807) is 31.4 Å².